The van der Waals surface area contributed by atoms with E-state index in [1.54, 1.807) is 0 Å². The van der Waals surface area contributed by atoms with Crippen LogP contribution in [-0.2, 0) is 0 Å². The second-order valence-corrected chi connectivity index (χ2v) is 4.95. The van der Waals surface area contributed by atoms with E-state index in [4.69, 9.17) is 10.5 Å². The van der Waals surface area contributed by atoms with Gasteiger partial charge in [0, 0.05) is 5.39 Å². The molecular weight excluding hydrogens is 288 g/mol. The van der Waals surface area contributed by atoms with Crippen LogP contribution in [0.15, 0.2) is 40.8 Å². The van der Waals surface area contributed by atoms with E-state index in [0.29, 0.717) is 11.8 Å². The maximum atomic E-state index is 5.67. The molecule has 2 aromatic heterocycles. The molecule has 2 N–H and O–H groups in total. The van der Waals surface area contributed by atoms with E-state index < -0.39 is 0 Å². The Balaban J connectivity index is 1.98. The Kier molecular flexibility index (Phi) is 3.78. The SMILES string of the molecule is CCOc1nc(N)nc(Sc2ncnc3ccccc23)n1. The van der Waals surface area contributed by atoms with Gasteiger partial charge >= 0.3 is 6.01 Å². The van der Waals surface area contributed by atoms with Crippen molar-refractivity contribution < 1.29 is 4.74 Å². The standard InChI is InChI=1S/C13H12N6OS/c1-2-20-12-17-11(14)18-13(19-12)21-10-8-5-3-4-6-9(8)15-7-16-10/h3-7H,2H2,1H3,(H2,14,17,18,19). The topological polar surface area (TPSA) is 99.7 Å². The Morgan fingerprint density at radius 2 is 2.00 bits per heavy atom. The molecule has 0 aliphatic carbocycles. The summed E-state index contributed by atoms with van der Waals surface area (Å²) in [5, 5.41) is 2.13. The first kappa shape index (κ1) is 13.5. The van der Waals surface area contributed by atoms with E-state index in [2.05, 4.69) is 24.9 Å². The minimum absolute atomic E-state index is 0.120. The van der Waals surface area contributed by atoms with Crippen molar-refractivity contribution in [2.45, 2.75) is 17.1 Å². The van der Waals surface area contributed by atoms with Crippen molar-refractivity contribution in [3.05, 3.63) is 30.6 Å². The first-order valence-corrected chi connectivity index (χ1v) is 7.10. The van der Waals surface area contributed by atoms with Gasteiger partial charge in [-0.2, -0.15) is 15.0 Å². The molecule has 0 radical (unpaired) electrons. The van der Waals surface area contributed by atoms with E-state index in [-0.39, 0.29) is 12.0 Å². The lowest BCUT2D eigenvalue weighted by atomic mass is 10.2. The molecule has 1 aromatic carbocycles. The molecule has 2 heterocycles. The highest BCUT2D eigenvalue weighted by molar-refractivity contribution is 7.99. The molecule has 0 atom stereocenters. The molecular formula is C13H12N6OS. The highest BCUT2D eigenvalue weighted by Gasteiger charge is 2.10. The van der Waals surface area contributed by atoms with Crippen LogP contribution in [-0.4, -0.2) is 31.5 Å². The van der Waals surface area contributed by atoms with Gasteiger partial charge in [-0.3, -0.25) is 0 Å². The highest BCUT2D eigenvalue weighted by Crippen LogP contribution is 2.29. The summed E-state index contributed by atoms with van der Waals surface area (Å²) < 4.78 is 5.26. The largest absolute Gasteiger partial charge is 0.464 e. The predicted octanol–water partition coefficient (Wildman–Crippen LogP) is 1.95. The Labute approximate surface area is 125 Å². The van der Waals surface area contributed by atoms with Gasteiger partial charge in [0.05, 0.1) is 12.1 Å². The minimum atomic E-state index is 0.120. The molecule has 0 aliphatic rings. The smallest absolute Gasteiger partial charge is 0.322 e. The molecule has 0 aliphatic heterocycles. The zero-order valence-corrected chi connectivity index (χ0v) is 12.0. The summed E-state index contributed by atoms with van der Waals surface area (Å²) in [5.74, 6) is 0.120. The average molecular weight is 300 g/mol. The lowest BCUT2D eigenvalue weighted by Gasteiger charge is -2.05. The third-order valence-electron chi connectivity index (χ3n) is 2.58. The lowest BCUT2D eigenvalue weighted by Crippen LogP contribution is -2.04. The summed E-state index contributed by atoms with van der Waals surface area (Å²) >= 11 is 1.30. The summed E-state index contributed by atoms with van der Waals surface area (Å²) in [7, 11) is 0. The molecule has 0 spiro atoms. The third-order valence-corrected chi connectivity index (χ3v) is 3.46. The Hall–Kier alpha value is -2.48. The summed E-state index contributed by atoms with van der Waals surface area (Å²) in [5.41, 5.74) is 6.53. The van der Waals surface area contributed by atoms with Gasteiger partial charge in [-0.25, -0.2) is 9.97 Å². The minimum Gasteiger partial charge on any atom is -0.464 e. The number of ether oxygens (including phenoxy) is 1. The van der Waals surface area contributed by atoms with E-state index >= 15 is 0 Å². The van der Waals surface area contributed by atoms with Gasteiger partial charge in [-0.05, 0) is 24.8 Å². The number of aromatic nitrogens is 5. The average Bonchev–Trinajstić information content (AvgIpc) is 2.47. The zero-order chi connectivity index (χ0) is 14.7. The number of nitrogens with zero attached hydrogens (tertiary/aromatic N) is 5. The van der Waals surface area contributed by atoms with Crippen molar-refractivity contribution in [1.29, 1.82) is 0 Å². The predicted molar refractivity (Wildman–Crippen MR) is 79.1 cm³/mol. The van der Waals surface area contributed by atoms with Crippen LogP contribution in [0, 0.1) is 0 Å². The molecule has 0 saturated carbocycles. The summed E-state index contributed by atoms with van der Waals surface area (Å²) in [6.45, 7) is 2.31. The number of para-hydroxylation sites is 1. The van der Waals surface area contributed by atoms with Crippen LogP contribution < -0.4 is 10.5 Å². The van der Waals surface area contributed by atoms with E-state index in [9.17, 15) is 0 Å². The Morgan fingerprint density at radius 1 is 1.14 bits per heavy atom. The number of fused-ring (bicyclic) bond motifs is 1. The summed E-state index contributed by atoms with van der Waals surface area (Å²) in [6.07, 6.45) is 1.51. The third kappa shape index (κ3) is 3.00. The van der Waals surface area contributed by atoms with E-state index in [1.165, 1.54) is 18.1 Å². The van der Waals surface area contributed by atoms with Gasteiger partial charge in [0.2, 0.25) is 11.1 Å². The molecule has 7 nitrogen and oxygen atoms in total. The van der Waals surface area contributed by atoms with Crippen LogP contribution >= 0.6 is 11.8 Å². The molecule has 106 valence electrons. The number of rotatable bonds is 4. The van der Waals surface area contributed by atoms with Crippen LogP contribution in [0.2, 0.25) is 0 Å². The number of hydrogen-bond acceptors (Lipinski definition) is 8. The van der Waals surface area contributed by atoms with Crippen LogP contribution in [0.4, 0.5) is 5.95 Å². The van der Waals surface area contributed by atoms with Crippen molar-refractivity contribution >= 4 is 28.6 Å². The second-order valence-electron chi connectivity index (χ2n) is 3.99. The highest BCUT2D eigenvalue weighted by atomic mass is 32.2. The van der Waals surface area contributed by atoms with Gasteiger partial charge in [0.1, 0.15) is 11.4 Å². The molecule has 0 saturated heterocycles. The van der Waals surface area contributed by atoms with Crippen molar-refractivity contribution in [3.8, 4) is 6.01 Å². The number of hydrogen-bond donors (Lipinski definition) is 1. The van der Waals surface area contributed by atoms with Crippen LogP contribution in [0.3, 0.4) is 0 Å². The molecule has 21 heavy (non-hydrogen) atoms. The van der Waals surface area contributed by atoms with E-state index in [0.717, 1.165) is 15.9 Å². The zero-order valence-electron chi connectivity index (χ0n) is 11.2. The number of nitrogen functional groups attached to an aromatic ring is 1. The Morgan fingerprint density at radius 3 is 2.86 bits per heavy atom. The summed E-state index contributed by atoms with van der Waals surface area (Å²) in [4.78, 5) is 20.7. The lowest BCUT2D eigenvalue weighted by molar-refractivity contribution is 0.308. The maximum Gasteiger partial charge on any atom is 0.322 e. The molecule has 3 aromatic rings. The molecule has 0 bridgehead atoms. The number of nitrogens with two attached hydrogens (primary N) is 1. The van der Waals surface area contributed by atoms with Crippen molar-refractivity contribution in [1.82, 2.24) is 24.9 Å². The fourth-order valence-corrected chi connectivity index (χ4v) is 2.56. The molecule has 3 rings (SSSR count). The monoisotopic (exact) mass is 300 g/mol. The van der Waals surface area contributed by atoms with Gasteiger partial charge in [-0.15, -0.1) is 0 Å². The quantitative estimate of drug-likeness (QED) is 0.730. The summed E-state index contributed by atoms with van der Waals surface area (Å²) in [6, 6.07) is 7.95. The van der Waals surface area contributed by atoms with Crippen molar-refractivity contribution in [2.24, 2.45) is 0 Å². The van der Waals surface area contributed by atoms with Crippen LogP contribution in [0.5, 0.6) is 6.01 Å². The normalized spacial score (nSPS) is 10.7. The van der Waals surface area contributed by atoms with Gasteiger partial charge in [0.15, 0.2) is 0 Å². The molecule has 0 unspecified atom stereocenters. The van der Waals surface area contributed by atoms with Gasteiger partial charge in [0.25, 0.3) is 0 Å². The number of anilines is 1. The molecule has 0 fully saturated rings. The van der Waals surface area contributed by atoms with Crippen LogP contribution in [0.25, 0.3) is 10.9 Å². The second kappa shape index (κ2) is 5.88. The van der Waals surface area contributed by atoms with Gasteiger partial charge < -0.3 is 10.5 Å². The molecule has 8 heteroatoms. The van der Waals surface area contributed by atoms with Gasteiger partial charge in [-0.1, -0.05) is 18.2 Å². The fraction of sp³-hybridized carbons (Fsp3) is 0.154. The first-order valence-electron chi connectivity index (χ1n) is 6.28. The Bertz CT molecular complexity index is 776. The molecule has 0 amide bonds. The number of benzene rings is 1. The fourth-order valence-electron chi connectivity index (χ4n) is 1.74. The maximum absolute atomic E-state index is 5.67. The van der Waals surface area contributed by atoms with Crippen molar-refractivity contribution in [3.63, 3.8) is 0 Å². The first-order chi connectivity index (χ1) is 10.3. The van der Waals surface area contributed by atoms with Crippen molar-refractivity contribution in [2.75, 3.05) is 12.3 Å². The van der Waals surface area contributed by atoms with Crippen LogP contribution in [0.1, 0.15) is 6.92 Å². The van der Waals surface area contributed by atoms with E-state index in [1.807, 2.05) is 31.2 Å².